The standard InChI is InChI=1S/C12H17Cl2NO2/c1-17-7-5-15(4-6-16)9-10-2-3-11(13)8-12(10)14/h2-3,8,16H,4-7,9H2,1H3. The van der Waals surface area contributed by atoms with Crippen molar-refractivity contribution < 1.29 is 9.84 Å². The molecule has 0 heterocycles. The van der Waals surface area contributed by atoms with E-state index < -0.39 is 0 Å². The van der Waals surface area contributed by atoms with Crippen molar-refractivity contribution in [2.75, 3.05) is 33.4 Å². The van der Waals surface area contributed by atoms with Gasteiger partial charge in [-0.05, 0) is 17.7 Å². The van der Waals surface area contributed by atoms with E-state index in [9.17, 15) is 0 Å². The van der Waals surface area contributed by atoms with Gasteiger partial charge in [-0.1, -0.05) is 29.3 Å². The summed E-state index contributed by atoms with van der Waals surface area (Å²) in [5, 5.41) is 10.3. The second-order valence-electron chi connectivity index (χ2n) is 3.73. The Bertz CT molecular complexity index is 347. The van der Waals surface area contributed by atoms with E-state index >= 15 is 0 Å². The number of hydrogen-bond acceptors (Lipinski definition) is 3. The van der Waals surface area contributed by atoms with Crippen LogP contribution in [0.4, 0.5) is 0 Å². The van der Waals surface area contributed by atoms with Gasteiger partial charge in [-0.15, -0.1) is 0 Å². The molecule has 3 nitrogen and oxygen atoms in total. The van der Waals surface area contributed by atoms with Crippen LogP contribution in [0, 0.1) is 0 Å². The Balaban J connectivity index is 2.64. The number of benzene rings is 1. The van der Waals surface area contributed by atoms with Gasteiger partial charge in [-0.2, -0.15) is 0 Å². The van der Waals surface area contributed by atoms with Crippen LogP contribution >= 0.6 is 23.2 Å². The van der Waals surface area contributed by atoms with Crippen molar-refractivity contribution >= 4 is 23.2 Å². The van der Waals surface area contributed by atoms with Crippen molar-refractivity contribution in [2.45, 2.75) is 6.54 Å². The highest BCUT2D eigenvalue weighted by molar-refractivity contribution is 6.35. The molecule has 0 saturated carbocycles. The third-order valence-corrected chi connectivity index (χ3v) is 3.02. The lowest BCUT2D eigenvalue weighted by molar-refractivity contribution is 0.127. The quantitative estimate of drug-likeness (QED) is 0.831. The molecule has 0 bridgehead atoms. The van der Waals surface area contributed by atoms with Crippen LogP contribution in [0.1, 0.15) is 5.56 Å². The highest BCUT2D eigenvalue weighted by Crippen LogP contribution is 2.22. The summed E-state index contributed by atoms with van der Waals surface area (Å²) in [7, 11) is 1.66. The third kappa shape index (κ3) is 5.23. The maximum atomic E-state index is 8.99. The molecule has 0 aliphatic carbocycles. The lowest BCUT2D eigenvalue weighted by atomic mass is 10.2. The first-order valence-corrected chi connectivity index (χ1v) is 6.19. The first-order valence-electron chi connectivity index (χ1n) is 5.43. The van der Waals surface area contributed by atoms with Gasteiger partial charge in [0.05, 0.1) is 13.2 Å². The van der Waals surface area contributed by atoms with Crippen molar-refractivity contribution in [1.82, 2.24) is 4.90 Å². The smallest absolute Gasteiger partial charge is 0.0589 e. The van der Waals surface area contributed by atoms with E-state index in [4.69, 9.17) is 33.0 Å². The number of hydrogen-bond donors (Lipinski definition) is 1. The molecule has 0 radical (unpaired) electrons. The van der Waals surface area contributed by atoms with E-state index in [1.165, 1.54) is 0 Å². The number of halogens is 2. The molecule has 5 heteroatoms. The molecule has 1 aromatic carbocycles. The highest BCUT2D eigenvalue weighted by atomic mass is 35.5. The lowest BCUT2D eigenvalue weighted by Gasteiger charge is -2.21. The van der Waals surface area contributed by atoms with Crippen LogP contribution in [0.3, 0.4) is 0 Å². The second-order valence-corrected chi connectivity index (χ2v) is 4.57. The molecule has 0 unspecified atom stereocenters. The van der Waals surface area contributed by atoms with Crippen molar-refractivity contribution in [1.29, 1.82) is 0 Å². The Morgan fingerprint density at radius 3 is 2.65 bits per heavy atom. The molecule has 17 heavy (non-hydrogen) atoms. The fourth-order valence-electron chi connectivity index (χ4n) is 1.52. The Kier molecular flexibility index (Phi) is 6.85. The molecule has 0 spiro atoms. The Hall–Kier alpha value is -0.320. The normalized spacial score (nSPS) is 11.1. The van der Waals surface area contributed by atoms with Gasteiger partial charge in [0.25, 0.3) is 0 Å². The average molecular weight is 278 g/mol. The van der Waals surface area contributed by atoms with Crippen LogP contribution < -0.4 is 0 Å². The predicted molar refractivity (Wildman–Crippen MR) is 70.7 cm³/mol. The van der Waals surface area contributed by atoms with Gasteiger partial charge in [0.15, 0.2) is 0 Å². The monoisotopic (exact) mass is 277 g/mol. The van der Waals surface area contributed by atoms with Gasteiger partial charge in [-0.25, -0.2) is 0 Å². The summed E-state index contributed by atoms with van der Waals surface area (Å²) in [6.45, 7) is 2.79. The summed E-state index contributed by atoms with van der Waals surface area (Å²) in [4.78, 5) is 2.08. The molecule has 0 fully saturated rings. The Labute approximate surface area is 112 Å². The van der Waals surface area contributed by atoms with Crippen LogP contribution in [0.25, 0.3) is 0 Å². The summed E-state index contributed by atoms with van der Waals surface area (Å²) in [6, 6.07) is 5.45. The average Bonchev–Trinajstić information content (AvgIpc) is 2.29. The van der Waals surface area contributed by atoms with Crippen molar-refractivity contribution in [3.63, 3.8) is 0 Å². The molecular weight excluding hydrogens is 261 g/mol. The maximum Gasteiger partial charge on any atom is 0.0589 e. The van der Waals surface area contributed by atoms with Gasteiger partial charge in [0.2, 0.25) is 0 Å². The van der Waals surface area contributed by atoms with Gasteiger partial charge in [0, 0.05) is 36.8 Å². The number of aliphatic hydroxyl groups excluding tert-OH is 1. The fourth-order valence-corrected chi connectivity index (χ4v) is 1.99. The zero-order valence-electron chi connectivity index (χ0n) is 9.83. The topological polar surface area (TPSA) is 32.7 Å². The number of aliphatic hydroxyl groups is 1. The van der Waals surface area contributed by atoms with E-state index in [0.29, 0.717) is 29.7 Å². The molecule has 96 valence electrons. The van der Waals surface area contributed by atoms with E-state index in [0.717, 1.165) is 12.1 Å². The minimum atomic E-state index is 0.120. The lowest BCUT2D eigenvalue weighted by Crippen LogP contribution is -2.29. The van der Waals surface area contributed by atoms with Crippen molar-refractivity contribution in [2.24, 2.45) is 0 Å². The number of methoxy groups -OCH3 is 1. The highest BCUT2D eigenvalue weighted by Gasteiger charge is 2.08. The molecule has 0 aliphatic rings. The maximum absolute atomic E-state index is 8.99. The number of nitrogens with zero attached hydrogens (tertiary/aromatic N) is 1. The molecule has 0 aromatic heterocycles. The van der Waals surface area contributed by atoms with Gasteiger partial charge < -0.3 is 9.84 Å². The van der Waals surface area contributed by atoms with Crippen LogP contribution in [0.2, 0.25) is 10.0 Å². The summed E-state index contributed by atoms with van der Waals surface area (Å²) in [5.41, 5.74) is 1.00. The fraction of sp³-hybridized carbons (Fsp3) is 0.500. The molecular formula is C12H17Cl2NO2. The summed E-state index contributed by atoms with van der Waals surface area (Å²) < 4.78 is 5.03. The summed E-state index contributed by atoms with van der Waals surface area (Å²) in [6.07, 6.45) is 0. The van der Waals surface area contributed by atoms with Crippen LogP contribution in [0.5, 0.6) is 0 Å². The Morgan fingerprint density at radius 2 is 2.06 bits per heavy atom. The molecule has 0 saturated heterocycles. The van der Waals surface area contributed by atoms with Gasteiger partial charge in [-0.3, -0.25) is 4.90 Å². The molecule has 0 aliphatic heterocycles. The number of ether oxygens (including phenoxy) is 1. The van der Waals surface area contributed by atoms with Gasteiger partial charge >= 0.3 is 0 Å². The van der Waals surface area contributed by atoms with Crippen LogP contribution in [0.15, 0.2) is 18.2 Å². The summed E-state index contributed by atoms with van der Waals surface area (Å²) >= 11 is 11.9. The van der Waals surface area contributed by atoms with Crippen LogP contribution in [-0.2, 0) is 11.3 Å². The van der Waals surface area contributed by atoms with Crippen LogP contribution in [-0.4, -0.2) is 43.4 Å². The molecule has 1 aromatic rings. The molecule has 1 rings (SSSR count). The van der Waals surface area contributed by atoms with Crippen molar-refractivity contribution in [3.8, 4) is 0 Å². The third-order valence-electron chi connectivity index (χ3n) is 2.44. The van der Waals surface area contributed by atoms with E-state index in [2.05, 4.69) is 4.90 Å². The zero-order chi connectivity index (χ0) is 12.7. The first-order chi connectivity index (χ1) is 8.17. The van der Waals surface area contributed by atoms with E-state index in [-0.39, 0.29) is 6.61 Å². The van der Waals surface area contributed by atoms with E-state index in [1.54, 1.807) is 13.2 Å². The second kappa shape index (κ2) is 7.90. The molecule has 0 atom stereocenters. The summed E-state index contributed by atoms with van der Waals surface area (Å²) in [5.74, 6) is 0. The number of rotatable bonds is 7. The minimum absolute atomic E-state index is 0.120. The van der Waals surface area contributed by atoms with Gasteiger partial charge in [0.1, 0.15) is 0 Å². The van der Waals surface area contributed by atoms with Crippen molar-refractivity contribution in [3.05, 3.63) is 33.8 Å². The molecule has 0 amide bonds. The minimum Gasteiger partial charge on any atom is -0.395 e. The first kappa shape index (κ1) is 14.7. The predicted octanol–water partition coefficient (Wildman–Crippen LogP) is 2.43. The zero-order valence-corrected chi connectivity index (χ0v) is 11.3. The van der Waals surface area contributed by atoms with E-state index in [1.807, 2.05) is 12.1 Å². The molecule has 1 N–H and O–H groups in total. The SMILES string of the molecule is COCCN(CCO)Cc1ccc(Cl)cc1Cl. The largest absolute Gasteiger partial charge is 0.395 e. The Morgan fingerprint density at radius 1 is 1.29 bits per heavy atom.